The Balaban J connectivity index is 2.83. The molecule has 1 aromatic heterocycles. The molecule has 1 unspecified atom stereocenters. The van der Waals surface area contributed by atoms with E-state index in [1.54, 1.807) is 31.4 Å². The van der Waals surface area contributed by atoms with Crippen LogP contribution in [0.1, 0.15) is 21.7 Å². The molecule has 1 aromatic carbocycles. The average Bonchev–Trinajstić information content (AvgIpc) is 2.52. The Labute approximate surface area is 148 Å². The molecule has 128 valence electrons. The van der Waals surface area contributed by atoms with Crippen LogP contribution in [0, 0.1) is 13.8 Å². The summed E-state index contributed by atoms with van der Waals surface area (Å²) in [7, 11) is 1.57. The smallest absolute Gasteiger partial charge is 0.340 e. The Morgan fingerprint density at radius 3 is 2.38 bits per heavy atom. The predicted molar refractivity (Wildman–Crippen MR) is 94.4 cm³/mol. The van der Waals surface area contributed by atoms with Gasteiger partial charge in [0.05, 0.1) is 46.2 Å². The summed E-state index contributed by atoms with van der Waals surface area (Å²) in [6.07, 6.45) is 1.54. The fraction of sp³-hybridized carbons (Fsp3) is 0.294. The molecular weight excluding hydrogens is 350 g/mol. The predicted octanol–water partition coefficient (Wildman–Crippen LogP) is 3.55. The number of ether oxygens (including phenoxy) is 2. The second kappa shape index (κ2) is 7.32. The number of pyridine rings is 1. The molecule has 0 N–H and O–H groups in total. The fourth-order valence-corrected chi connectivity index (χ4v) is 3.63. The Bertz CT molecular complexity index is 836. The minimum Gasteiger partial charge on any atom is -0.496 e. The zero-order valence-corrected chi connectivity index (χ0v) is 15.7. The number of halogens is 1. The molecule has 0 fully saturated rings. The topological polar surface area (TPSA) is 65.5 Å². The number of carbonyl (C=O) groups excluding carboxylic acids is 1. The van der Waals surface area contributed by atoms with Crippen molar-refractivity contribution in [2.45, 2.75) is 18.7 Å². The first-order valence-electron chi connectivity index (χ1n) is 7.08. The number of hydrogen-bond acceptors (Lipinski definition) is 5. The molecule has 0 radical (unpaired) electrons. The van der Waals surface area contributed by atoms with Crippen LogP contribution in [0.4, 0.5) is 0 Å². The highest BCUT2D eigenvalue weighted by molar-refractivity contribution is 7.84. The molecule has 0 spiro atoms. The highest BCUT2D eigenvalue weighted by atomic mass is 35.5. The van der Waals surface area contributed by atoms with Crippen LogP contribution in [-0.2, 0) is 15.5 Å². The summed E-state index contributed by atoms with van der Waals surface area (Å²) in [6, 6.07) is 5.05. The van der Waals surface area contributed by atoms with E-state index in [9.17, 15) is 9.00 Å². The van der Waals surface area contributed by atoms with Gasteiger partial charge in [0.1, 0.15) is 5.75 Å². The lowest BCUT2D eigenvalue weighted by Crippen LogP contribution is -2.09. The van der Waals surface area contributed by atoms with Gasteiger partial charge in [-0.05, 0) is 32.0 Å². The Morgan fingerprint density at radius 2 is 1.83 bits per heavy atom. The van der Waals surface area contributed by atoms with Gasteiger partial charge in [0.25, 0.3) is 0 Å². The van der Waals surface area contributed by atoms with Gasteiger partial charge in [-0.15, -0.1) is 0 Å². The molecule has 1 atom stereocenters. The first-order valence-corrected chi connectivity index (χ1v) is 9.01. The third-order valence-electron chi connectivity index (χ3n) is 3.57. The Morgan fingerprint density at radius 1 is 1.17 bits per heavy atom. The van der Waals surface area contributed by atoms with Gasteiger partial charge in [-0.25, -0.2) is 4.79 Å². The van der Waals surface area contributed by atoms with Gasteiger partial charge in [0, 0.05) is 23.1 Å². The molecule has 5 nitrogen and oxygen atoms in total. The second-order valence-electron chi connectivity index (χ2n) is 5.20. The molecular formula is C17H18ClNO4S. The maximum atomic E-state index is 12.2. The molecule has 0 aliphatic carbocycles. The van der Waals surface area contributed by atoms with Crippen molar-refractivity contribution in [2.24, 2.45) is 0 Å². The van der Waals surface area contributed by atoms with Crippen molar-refractivity contribution < 1.29 is 18.5 Å². The van der Waals surface area contributed by atoms with Crippen molar-refractivity contribution >= 4 is 28.4 Å². The highest BCUT2D eigenvalue weighted by Crippen LogP contribution is 2.38. The van der Waals surface area contributed by atoms with Crippen LogP contribution in [0.15, 0.2) is 23.1 Å². The Kier molecular flexibility index (Phi) is 5.62. The van der Waals surface area contributed by atoms with E-state index < -0.39 is 16.8 Å². The summed E-state index contributed by atoms with van der Waals surface area (Å²) < 4.78 is 22.1. The summed E-state index contributed by atoms with van der Waals surface area (Å²) in [5.74, 6) is -0.0175. The molecule has 0 aliphatic heterocycles. The van der Waals surface area contributed by atoms with Crippen molar-refractivity contribution in [1.82, 2.24) is 4.98 Å². The minimum absolute atomic E-state index is 0.342. The summed E-state index contributed by atoms with van der Waals surface area (Å²) in [5.41, 5.74) is 2.88. The molecule has 0 amide bonds. The van der Waals surface area contributed by atoms with Gasteiger partial charge in [0.15, 0.2) is 0 Å². The summed E-state index contributed by atoms with van der Waals surface area (Å²) >= 11 is 6.27. The van der Waals surface area contributed by atoms with E-state index in [4.69, 9.17) is 21.1 Å². The van der Waals surface area contributed by atoms with E-state index in [1.165, 1.54) is 14.2 Å². The van der Waals surface area contributed by atoms with Crippen LogP contribution in [0.3, 0.4) is 0 Å². The lowest BCUT2D eigenvalue weighted by molar-refractivity contribution is 0.0600. The number of rotatable bonds is 4. The van der Waals surface area contributed by atoms with Gasteiger partial charge >= 0.3 is 5.97 Å². The maximum absolute atomic E-state index is 12.2. The highest BCUT2D eigenvalue weighted by Gasteiger charge is 2.22. The van der Waals surface area contributed by atoms with Crippen molar-refractivity contribution in [3.63, 3.8) is 0 Å². The summed E-state index contributed by atoms with van der Waals surface area (Å²) in [6.45, 7) is 3.58. The van der Waals surface area contributed by atoms with Gasteiger partial charge in [0.2, 0.25) is 0 Å². The van der Waals surface area contributed by atoms with E-state index >= 15 is 0 Å². The zero-order valence-electron chi connectivity index (χ0n) is 14.1. The number of carbonyl (C=O) groups is 1. The lowest BCUT2D eigenvalue weighted by atomic mass is 9.97. The number of hydrogen-bond donors (Lipinski definition) is 0. The first kappa shape index (κ1) is 18.4. The van der Waals surface area contributed by atoms with Crippen molar-refractivity contribution in [1.29, 1.82) is 0 Å². The number of methoxy groups -OCH3 is 2. The molecule has 24 heavy (non-hydrogen) atoms. The molecule has 0 saturated carbocycles. The first-order chi connectivity index (χ1) is 11.3. The van der Waals surface area contributed by atoms with Crippen LogP contribution >= 0.6 is 11.6 Å². The van der Waals surface area contributed by atoms with Crippen LogP contribution in [0.5, 0.6) is 5.75 Å². The standard InChI is InChI=1S/C17H18ClNO4S/c1-9-6-12(16(10(2)19-9)17(20)23-4)11-7-13(18)15(24(5)21)8-14(11)22-3/h6-8H,1-5H3. The van der Waals surface area contributed by atoms with Crippen LogP contribution in [0.2, 0.25) is 5.02 Å². The minimum atomic E-state index is -1.26. The second-order valence-corrected chi connectivity index (χ2v) is 6.96. The molecule has 7 heteroatoms. The largest absolute Gasteiger partial charge is 0.496 e. The van der Waals surface area contributed by atoms with Gasteiger partial charge < -0.3 is 9.47 Å². The van der Waals surface area contributed by atoms with Crippen molar-refractivity contribution in [3.8, 4) is 16.9 Å². The maximum Gasteiger partial charge on any atom is 0.340 e. The SMILES string of the molecule is COC(=O)c1c(-c2cc(Cl)c(S(C)=O)cc2OC)cc(C)nc1C. The van der Waals surface area contributed by atoms with Crippen LogP contribution in [0.25, 0.3) is 11.1 Å². The lowest BCUT2D eigenvalue weighted by Gasteiger charge is -2.16. The number of aryl methyl sites for hydroxylation is 2. The van der Waals surface area contributed by atoms with E-state index in [0.717, 1.165) is 5.69 Å². The number of benzene rings is 1. The number of aromatic nitrogens is 1. The van der Waals surface area contributed by atoms with E-state index in [2.05, 4.69) is 4.98 Å². The van der Waals surface area contributed by atoms with Gasteiger partial charge in [-0.3, -0.25) is 9.19 Å². The monoisotopic (exact) mass is 367 g/mol. The van der Waals surface area contributed by atoms with Crippen molar-refractivity contribution in [2.75, 3.05) is 20.5 Å². The Hall–Kier alpha value is -1.92. The van der Waals surface area contributed by atoms with Crippen molar-refractivity contribution in [3.05, 3.63) is 40.2 Å². The third-order valence-corrected chi connectivity index (χ3v) is 4.95. The van der Waals surface area contributed by atoms with Crippen LogP contribution < -0.4 is 4.74 Å². The number of nitrogens with zero attached hydrogens (tertiary/aromatic N) is 1. The normalized spacial score (nSPS) is 11.9. The summed E-state index contributed by atoms with van der Waals surface area (Å²) in [5, 5.41) is 0.342. The molecule has 0 aliphatic rings. The van der Waals surface area contributed by atoms with E-state index in [1.807, 2.05) is 6.92 Å². The van der Waals surface area contributed by atoms with E-state index in [-0.39, 0.29) is 0 Å². The van der Waals surface area contributed by atoms with Gasteiger partial charge in [-0.2, -0.15) is 0 Å². The third kappa shape index (κ3) is 3.44. The molecule has 0 bridgehead atoms. The molecule has 0 saturated heterocycles. The average molecular weight is 368 g/mol. The molecule has 2 aromatic rings. The van der Waals surface area contributed by atoms with Gasteiger partial charge in [-0.1, -0.05) is 11.6 Å². The quantitative estimate of drug-likeness (QED) is 0.773. The molecule has 2 rings (SSSR count). The number of esters is 1. The molecule has 1 heterocycles. The summed E-state index contributed by atoms with van der Waals surface area (Å²) in [4.78, 5) is 17.0. The fourth-order valence-electron chi connectivity index (χ4n) is 2.54. The van der Waals surface area contributed by atoms with E-state index in [0.29, 0.717) is 38.1 Å². The zero-order chi connectivity index (χ0) is 18.0. The van der Waals surface area contributed by atoms with Crippen LogP contribution in [-0.4, -0.2) is 35.6 Å².